The summed E-state index contributed by atoms with van der Waals surface area (Å²) >= 11 is 0. The summed E-state index contributed by atoms with van der Waals surface area (Å²) in [6.07, 6.45) is 3.00. The average Bonchev–Trinajstić information content (AvgIpc) is 3.09. The molecule has 7 nitrogen and oxygen atoms in total. The number of ether oxygens (including phenoxy) is 2. The summed E-state index contributed by atoms with van der Waals surface area (Å²) in [6.45, 7) is 1.92. The topological polar surface area (TPSA) is 76.8 Å². The maximum Gasteiger partial charge on any atom is 0.321 e. The molecule has 0 unspecified atom stereocenters. The van der Waals surface area contributed by atoms with Crippen LogP contribution in [0.15, 0.2) is 41.3 Å². The number of amides is 2. The Morgan fingerprint density at radius 1 is 1.26 bits per heavy atom. The van der Waals surface area contributed by atoms with E-state index in [0.717, 1.165) is 5.56 Å². The maximum absolute atomic E-state index is 12.4. The van der Waals surface area contributed by atoms with Crippen molar-refractivity contribution in [1.82, 2.24) is 9.88 Å². The molecule has 124 valence electrons. The van der Waals surface area contributed by atoms with Crippen LogP contribution in [0.25, 0.3) is 11.3 Å². The molecule has 0 aliphatic heterocycles. The smallest absolute Gasteiger partial charge is 0.321 e. The van der Waals surface area contributed by atoms with Crippen molar-refractivity contribution in [2.75, 3.05) is 45.8 Å². The van der Waals surface area contributed by atoms with Gasteiger partial charge in [0, 0.05) is 38.6 Å². The van der Waals surface area contributed by atoms with Gasteiger partial charge in [-0.1, -0.05) is 12.1 Å². The number of nitrogens with one attached hydrogen (secondary N) is 1. The van der Waals surface area contributed by atoms with E-state index in [1.807, 2.05) is 24.3 Å². The Kier molecular flexibility index (Phi) is 6.58. The molecule has 0 fully saturated rings. The number of anilines is 1. The third-order valence-corrected chi connectivity index (χ3v) is 3.25. The van der Waals surface area contributed by atoms with Gasteiger partial charge < -0.3 is 24.1 Å². The molecule has 2 amide bonds. The van der Waals surface area contributed by atoms with Crippen molar-refractivity contribution in [3.63, 3.8) is 0 Å². The van der Waals surface area contributed by atoms with Crippen LogP contribution in [0.3, 0.4) is 0 Å². The monoisotopic (exact) mass is 319 g/mol. The van der Waals surface area contributed by atoms with Gasteiger partial charge in [-0.25, -0.2) is 9.78 Å². The molecule has 1 aromatic carbocycles. The Balaban J connectivity index is 2.03. The first-order valence-corrected chi connectivity index (χ1v) is 7.27. The molecule has 1 heterocycles. The highest BCUT2D eigenvalue weighted by molar-refractivity contribution is 5.90. The molecule has 0 spiro atoms. The highest BCUT2D eigenvalue weighted by Crippen LogP contribution is 2.22. The Bertz CT molecular complexity index is 593. The lowest BCUT2D eigenvalue weighted by Gasteiger charge is -2.22. The molecule has 2 rings (SSSR count). The lowest BCUT2D eigenvalue weighted by atomic mass is 10.1. The fraction of sp³-hybridized carbons (Fsp3) is 0.375. The van der Waals surface area contributed by atoms with Crippen LogP contribution in [0.2, 0.25) is 0 Å². The molecule has 0 aliphatic carbocycles. The quantitative estimate of drug-likeness (QED) is 0.809. The first-order valence-electron chi connectivity index (χ1n) is 7.27. The molecule has 0 radical (unpaired) electrons. The summed E-state index contributed by atoms with van der Waals surface area (Å²) in [5.74, 6) is 0.650. The third-order valence-electron chi connectivity index (χ3n) is 3.25. The molecule has 23 heavy (non-hydrogen) atoms. The van der Waals surface area contributed by atoms with Crippen molar-refractivity contribution >= 4 is 11.7 Å². The number of oxazole rings is 1. The molecule has 0 atom stereocenters. The first-order chi connectivity index (χ1) is 11.2. The molecule has 0 bridgehead atoms. The van der Waals surface area contributed by atoms with Crippen molar-refractivity contribution in [2.24, 2.45) is 0 Å². The highest BCUT2D eigenvalue weighted by atomic mass is 16.5. The number of aromatic nitrogens is 1. The van der Waals surface area contributed by atoms with Crippen molar-refractivity contribution < 1.29 is 18.7 Å². The van der Waals surface area contributed by atoms with Gasteiger partial charge in [0.2, 0.25) is 0 Å². The fourth-order valence-corrected chi connectivity index (χ4v) is 2.03. The van der Waals surface area contributed by atoms with E-state index in [1.54, 1.807) is 25.3 Å². The standard InChI is InChI=1S/C16H21N3O4/c1-21-8-6-19(7-9-22-2)16(20)18-14-5-3-4-13(10-14)15-11-17-12-23-15/h3-5,10-12H,6-9H2,1-2H3,(H,18,20). The number of carbonyl (C=O) groups is 1. The van der Waals surface area contributed by atoms with Gasteiger partial charge >= 0.3 is 6.03 Å². The van der Waals surface area contributed by atoms with Crippen LogP contribution in [0.4, 0.5) is 10.5 Å². The molecule has 7 heteroatoms. The number of rotatable bonds is 8. The number of hydrogen-bond acceptors (Lipinski definition) is 5. The average molecular weight is 319 g/mol. The Hall–Kier alpha value is -2.38. The van der Waals surface area contributed by atoms with Gasteiger partial charge in [-0.05, 0) is 12.1 Å². The van der Waals surface area contributed by atoms with Crippen molar-refractivity contribution in [3.05, 3.63) is 36.9 Å². The van der Waals surface area contributed by atoms with Crippen molar-refractivity contribution in [3.8, 4) is 11.3 Å². The normalized spacial score (nSPS) is 10.5. The molecule has 0 saturated heterocycles. The summed E-state index contributed by atoms with van der Waals surface area (Å²) in [5, 5.41) is 2.88. The summed E-state index contributed by atoms with van der Waals surface area (Å²) in [6, 6.07) is 7.20. The number of nitrogens with zero attached hydrogens (tertiary/aromatic N) is 2. The SMILES string of the molecule is COCCN(CCOC)C(=O)Nc1cccc(-c2cnco2)c1. The molecule has 1 N–H and O–H groups in total. The second-order valence-corrected chi connectivity index (χ2v) is 4.85. The minimum atomic E-state index is -0.200. The molecular weight excluding hydrogens is 298 g/mol. The highest BCUT2D eigenvalue weighted by Gasteiger charge is 2.13. The van der Waals surface area contributed by atoms with E-state index in [-0.39, 0.29) is 6.03 Å². The number of hydrogen-bond donors (Lipinski definition) is 1. The maximum atomic E-state index is 12.4. The largest absolute Gasteiger partial charge is 0.444 e. The van der Waals surface area contributed by atoms with Gasteiger partial charge in [0.1, 0.15) is 0 Å². The van der Waals surface area contributed by atoms with E-state index in [1.165, 1.54) is 6.39 Å². The molecule has 0 aliphatic rings. The number of carbonyl (C=O) groups excluding carboxylic acids is 1. The van der Waals surface area contributed by atoms with E-state index in [4.69, 9.17) is 13.9 Å². The lowest BCUT2D eigenvalue weighted by Crippen LogP contribution is -2.39. The summed E-state index contributed by atoms with van der Waals surface area (Å²) in [5.41, 5.74) is 1.53. The van der Waals surface area contributed by atoms with E-state index in [0.29, 0.717) is 37.8 Å². The number of methoxy groups -OCH3 is 2. The van der Waals surface area contributed by atoms with Crippen LogP contribution in [0, 0.1) is 0 Å². The van der Waals surface area contributed by atoms with E-state index >= 15 is 0 Å². The number of benzene rings is 1. The Morgan fingerprint density at radius 2 is 2.00 bits per heavy atom. The van der Waals surface area contributed by atoms with E-state index in [9.17, 15) is 4.79 Å². The van der Waals surface area contributed by atoms with Gasteiger partial charge in [0.05, 0.1) is 19.4 Å². The van der Waals surface area contributed by atoms with E-state index < -0.39 is 0 Å². The minimum absolute atomic E-state index is 0.200. The molecular formula is C16H21N3O4. The van der Waals surface area contributed by atoms with Crippen LogP contribution in [0.5, 0.6) is 0 Å². The third kappa shape index (κ3) is 5.08. The zero-order chi connectivity index (χ0) is 16.5. The van der Waals surface area contributed by atoms with Crippen LogP contribution < -0.4 is 5.32 Å². The first kappa shape index (κ1) is 17.0. The summed E-state index contributed by atoms with van der Waals surface area (Å²) in [7, 11) is 3.21. The van der Waals surface area contributed by atoms with Crippen molar-refractivity contribution in [1.29, 1.82) is 0 Å². The second-order valence-electron chi connectivity index (χ2n) is 4.85. The van der Waals surface area contributed by atoms with Gasteiger partial charge in [0.25, 0.3) is 0 Å². The van der Waals surface area contributed by atoms with E-state index in [2.05, 4.69) is 10.3 Å². The van der Waals surface area contributed by atoms with Crippen LogP contribution >= 0.6 is 0 Å². The molecule has 2 aromatic rings. The van der Waals surface area contributed by atoms with Gasteiger partial charge in [-0.3, -0.25) is 0 Å². The van der Waals surface area contributed by atoms with Gasteiger partial charge in [-0.15, -0.1) is 0 Å². The minimum Gasteiger partial charge on any atom is -0.444 e. The predicted octanol–water partition coefficient (Wildman–Crippen LogP) is 2.47. The van der Waals surface area contributed by atoms with Crippen LogP contribution in [-0.4, -0.2) is 56.4 Å². The Morgan fingerprint density at radius 3 is 2.61 bits per heavy atom. The van der Waals surface area contributed by atoms with Crippen LogP contribution in [0.1, 0.15) is 0 Å². The lowest BCUT2D eigenvalue weighted by molar-refractivity contribution is 0.127. The second kappa shape index (κ2) is 8.92. The number of urea groups is 1. The summed E-state index contributed by atoms with van der Waals surface area (Å²) < 4.78 is 15.3. The Labute approximate surface area is 135 Å². The molecule has 0 saturated carbocycles. The zero-order valence-corrected chi connectivity index (χ0v) is 13.3. The van der Waals surface area contributed by atoms with Gasteiger partial charge in [0.15, 0.2) is 12.2 Å². The predicted molar refractivity (Wildman–Crippen MR) is 86.3 cm³/mol. The van der Waals surface area contributed by atoms with Gasteiger partial charge in [-0.2, -0.15) is 0 Å². The molecule has 1 aromatic heterocycles. The zero-order valence-electron chi connectivity index (χ0n) is 13.3. The summed E-state index contributed by atoms with van der Waals surface area (Å²) in [4.78, 5) is 17.9. The van der Waals surface area contributed by atoms with Crippen molar-refractivity contribution in [2.45, 2.75) is 0 Å². The van der Waals surface area contributed by atoms with Crippen LogP contribution in [-0.2, 0) is 9.47 Å². The fourth-order valence-electron chi connectivity index (χ4n) is 2.03.